The maximum Gasteiger partial charge on any atom is 0.230 e. The van der Waals surface area contributed by atoms with Gasteiger partial charge in [0.25, 0.3) is 0 Å². The first-order valence-electron chi connectivity index (χ1n) is 5.76. The molecule has 2 aromatic rings. The highest BCUT2D eigenvalue weighted by molar-refractivity contribution is 6.34. The van der Waals surface area contributed by atoms with Crippen LogP contribution in [0, 0.1) is 0 Å². The van der Waals surface area contributed by atoms with E-state index in [1.165, 1.54) is 18.7 Å². The van der Waals surface area contributed by atoms with Crippen molar-refractivity contribution in [1.29, 1.82) is 0 Å². The summed E-state index contributed by atoms with van der Waals surface area (Å²) in [7, 11) is 3.91. The second-order valence-corrected chi connectivity index (χ2v) is 4.70. The molecular formula is C12H14ClN5O. The first-order chi connectivity index (χ1) is 9.09. The molecule has 2 aromatic heterocycles. The lowest BCUT2D eigenvalue weighted by Crippen LogP contribution is -2.22. The van der Waals surface area contributed by atoms with Crippen molar-refractivity contribution in [3.8, 4) is 0 Å². The summed E-state index contributed by atoms with van der Waals surface area (Å²) in [5.41, 5.74) is 0.672. The quantitative estimate of drug-likeness (QED) is 0.768. The fourth-order valence-corrected chi connectivity index (χ4v) is 1.83. The number of likely N-dealkylation sites (N-methyl/N-ethyl adjacent to an activating group) is 1. The van der Waals surface area contributed by atoms with Crippen LogP contribution in [0.25, 0.3) is 0 Å². The number of nitrogens with zero attached hydrogens (tertiary/aromatic N) is 5. The molecule has 6 nitrogen and oxygen atoms in total. The van der Waals surface area contributed by atoms with Crippen LogP contribution in [0.15, 0.2) is 24.8 Å². The second-order valence-electron chi connectivity index (χ2n) is 4.29. The van der Waals surface area contributed by atoms with Crippen LogP contribution in [0.4, 0.5) is 0 Å². The molecule has 0 saturated carbocycles. The second kappa shape index (κ2) is 5.90. The van der Waals surface area contributed by atoms with E-state index in [4.69, 9.17) is 11.6 Å². The maximum absolute atomic E-state index is 12.3. The van der Waals surface area contributed by atoms with Crippen molar-refractivity contribution in [2.75, 3.05) is 20.6 Å². The first kappa shape index (κ1) is 13.6. The number of rotatable bonds is 5. The van der Waals surface area contributed by atoms with Crippen LogP contribution in [-0.2, 0) is 6.54 Å². The van der Waals surface area contributed by atoms with Gasteiger partial charge in [-0.2, -0.15) is 5.10 Å². The minimum Gasteiger partial charge on any atom is -0.308 e. The summed E-state index contributed by atoms with van der Waals surface area (Å²) in [4.78, 5) is 22.1. The molecule has 0 aliphatic carbocycles. The first-order valence-corrected chi connectivity index (χ1v) is 6.14. The molecule has 0 radical (unpaired) electrons. The van der Waals surface area contributed by atoms with Crippen molar-refractivity contribution in [1.82, 2.24) is 24.6 Å². The topological polar surface area (TPSA) is 63.9 Å². The Kier molecular flexibility index (Phi) is 4.24. The van der Waals surface area contributed by atoms with E-state index in [1.54, 1.807) is 10.7 Å². The average Bonchev–Trinajstić information content (AvgIpc) is 2.78. The third-order valence-electron chi connectivity index (χ3n) is 2.58. The Morgan fingerprint density at radius 2 is 2.26 bits per heavy atom. The fraction of sp³-hybridized carbons (Fsp3) is 0.333. The van der Waals surface area contributed by atoms with E-state index in [2.05, 4.69) is 15.1 Å². The summed E-state index contributed by atoms with van der Waals surface area (Å²) in [5.74, 6) is -0.247. The summed E-state index contributed by atoms with van der Waals surface area (Å²) >= 11 is 6.04. The third-order valence-corrected chi connectivity index (χ3v) is 2.86. The van der Waals surface area contributed by atoms with Gasteiger partial charge < -0.3 is 4.90 Å². The van der Waals surface area contributed by atoms with Gasteiger partial charge >= 0.3 is 0 Å². The van der Waals surface area contributed by atoms with Gasteiger partial charge in [-0.1, -0.05) is 11.6 Å². The Morgan fingerprint density at radius 1 is 1.47 bits per heavy atom. The molecule has 0 aromatic carbocycles. The highest BCUT2D eigenvalue weighted by Gasteiger charge is 2.20. The van der Waals surface area contributed by atoms with Crippen molar-refractivity contribution in [2.24, 2.45) is 0 Å². The molecule has 2 heterocycles. The van der Waals surface area contributed by atoms with Crippen LogP contribution in [0.2, 0.25) is 5.02 Å². The molecule has 0 unspecified atom stereocenters. The minimum atomic E-state index is -0.247. The molecule has 0 aliphatic heterocycles. The van der Waals surface area contributed by atoms with E-state index in [1.807, 2.05) is 19.0 Å². The SMILES string of the molecule is CN(C)CCn1ncc(Cl)c1C(=O)c1ccncn1. The zero-order valence-electron chi connectivity index (χ0n) is 10.7. The van der Waals surface area contributed by atoms with Crippen molar-refractivity contribution in [2.45, 2.75) is 6.54 Å². The standard InChI is InChI=1S/C12H14ClN5O/c1-17(2)5-6-18-11(9(13)7-16-18)12(19)10-3-4-14-8-15-10/h3-4,7-8H,5-6H2,1-2H3. The van der Waals surface area contributed by atoms with Gasteiger partial charge in [-0.3, -0.25) is 9.48 Å². The molecule has 0 spiro atoms. The van der Waals surface area contributed by atoms with Crippen LogP contribution in [0.1, 0.15) is 16.2 Å². The zero-order valence-corrected chi connectivity index (χ0v) is 11.5. The molecule has 0 atom stereocenters. The summed E-state index contributed by atoms with van der Waals surface area (Å²) < 4.78 is 1.60. The minimum absolute atomic E-state index is 0.247. The normalized spacial score (nSPS) is 10.9. The molecule has 7 heteroatoms. The summed E-state index contributed by atoms with van der Waals surface area (Å²) in [6, 6.07) is 1.56. The number of hydrogen-bond acceptors (Lipinski definition) is 5. The lowest BCUT2D eigenvalue weighted by Gasteiger charge is -2.11. The number of ketones is 1. The van der Waals surface area contributed by atoms with E-state index in [-0.39, 0.29) is 5.78 Å². The van der Waals surface area contributed by atoms with Crippen LogP contribution >= 0.6 is 11.6 Å². The van der Waals surface area contributed by atoms with E-state index < -0.39 is 0 Å². The lowest BCUT2D eigenvalue weighted by atomic mass is 10.2. The van der Waals surface area contributed by atoms with Crippen LogP contribution in [0.5, 0.6) is 0 Å². The molecule has 2 rings (SSSR count). The van der Waals surface area contributed by atoms with Gasteiger partial charge in [0.2, 0.25) is 5.78 Å². The number of carbonyl (C=O) groups excluding carboxylic acids is 1. The fourth-order valence-electron chi connectivity index (χ4n) is 1.60. The molecule has 0 fully saturated rings. The molecule has 0 saturated heterocycles. The molecular weight excluding hydrogens is 266 g/mol. The Hall–Kier alpha value is -1.79. The van der Waals surface area contributed by atoms with Crippen LogP contribution in [-0.4, -0.2) is 51.1 Å². The van der Waals surface area contributed by atoms with Crippen LogP contribution in [0.3, 0.4) is 0 Å². The van der Waals surface area contributed by atoms with Gasteiger partial charge in [0.15, 0.2) is 0 Å². The van der Waals surface area contributed by atoms with Gasteiger partial charge in [-0.05, 0) is 20.2 Å². The predicted octanol–water partition coefficient (Wildman–Crippen LogP) is 1.12. The molecule has 0 N–H and O–H groups in total. The Morgan fingerprint density at radius 3 is 2.89 bits per heavy atom. The van der Waals surface area contributed by atoms with Gasteiger partial charge in [0.1, 0.15) is 17.7 Å². The van der Waals surface area contributed by atoms with Crippen molar-refractivity contribution >= 4 is 17.4 Å². The van der Waals surface area contributed by atoms with Crippen LogP contribution < -0.4 is 0 Å². The molecule has 0 bridgehead atoms. The predicted molar refractivity (Wildman–Crippen MR) is 71.3 cm³/mol. The molecule has 0 aliphatic rings. The summed E-state index contributed by atoms with van der Waals surface area (Å²) in [5, 5.41) is 4.46. The van der Waals surface area contributed by atoms with E-state index in [9.17, 15) is 4.79 Å². The highest BCUT2D eigenvalue weighted by atomic mass is 35.5. The molecule has 19 heavy (non-hydrogen) atoms. The van der Waals surface area contributed by atoms with Crippen molar-refractivity contribution in [3.05, 3.63) is 41.2 Å². The van der Waals surface area contributed by atoms with Gasteiger partial charge in [0, 0.05) is 12.7 Å². The largest absolute Gasteiger partial charge is 0.308 e. The van der Waals surface area contributed by atoms with E-state index in [0.717, 1.165) is 6.54 Å². The Balaban J connectivity index is 2.29. The average molecular weight is 280 g/mol. The van der Waals surface area contributed by atoms with Gasteiger partial charge in [-0.25, -0.2) is 9.97 Å². The van der Waals surface area contributed by atoms with Gasteiger partial charge in [-0.15, -0.1) is 0 Å². The van der Waals surface area contributed by atoms with Crippen molar-refractivity contribution in [3.63, 3.8) is 0 Å². The molecule has 100 valence electrons. The maximum atomic E-state index is 12.3. The molecule has 0 amide bonds. The summed E-state index contributed by atoms with van der Waals surface area (Å²) in [6.07, 6.45) is 4.34. The summed E-state index contributed by atoms with van der Waals surface area (Å²) in [6.45, 7) is 1.36. The van der Waals surface area contributed by atoms with Gasteiger partial charge in [0.05, 0.1) is 17.8 Å². The van der Waals surface area contributed by atoms with Crippen molar-refractivity contribution < 1.29 is 4.79 Å². The number of hydrogen-bond donors (Lipinski definition) is 0. The Labute approximate surface area is 116 Å². The zero-order chi connectivity index (χ0) is 13.8. The monoisotopic (exact) mass is 279 g/mol. The smallest absolute Gasteiger partial charge is 0.230 e. The lowest BCUT2D eigenvalue weighted by molar-refractivity contribution is 0.102. The number of halogens is 1. The third kappa shape index (κ3) is 3.15. The highest BCUT2D eigenvalue weighted by Crippen LogP contribution is 2.18. The number of carbonyl (C=O) groups is 1. The van der Waals surface area contributed by atoms with E-state index in [0.29, 0.717) is 23.0 Å². The number of aromatic nitrogens is 4. The Bertz CT molecular complexity index is 567. The van der Waals surface area contributed by atoms with E-state index >= 15 is 0 Å².